The molecule has 0 radical (unpaired) electrons. The summed E-state index contributed by atoms with van der Waals surface area (Å²) >= 11 is 5.69. The van der Waals surface area contributed by atoms with Gasteiger partial charge in [0.2, 0.25) is 0 Å². The van der Waals surface area contributed by atoms with E-state index >= 15 is 0 Å². The molecule has 1 N–H and O–H groups in total. The van der Waals surface area contributed by atoms with Gasteiger partial charge in [0.15, 0.2) is 0 Å². The normalized spacial score (nSPS) is 14.4. The summed E-state index contributed by atoms with van der Waals surface area (Å²) in [6.07, 6.45) is -1.23. The predicted octanol–water partition coefficient (Wildman–Crippen LogP) is 6.10. The number of carbonyl (C=O) groups is 1. The second-order valence-corrected chi connectivity index (χ2v) is 7.80. The summed E-state index contributed by atoms with van der Waals surface area (Å²) in [5, 5.41) is 10.5. The number of alkyl halides is 3. The molecule has 4 aromatic rings. The van der Waals surface area contributed by atoms with Crippen molar-refractivity contribution in [2.75, 3.05) is 5.32 Å². The van der Waals surface area contributed by atoms with Crippen LogP contribution >= 0.6 is 11.6 Å². The van der Waals surface area contributed by atoms with Crippen LogP contribution in [-0.2, 0) is 11.0 Å². The molecule has 0 spiro atoms. The van der Waals surface area contributed by atoms with Crippen LogP contribution in [0, 0.1) is 0 Å². The molecule has 0 saturated carbocycles. The van der Waals surface area contributed by atoms with Crippen molar-refractivity contribution < 1.29 is 18.0 Å². The quantitative estimate of drug-likeness (QED) is 0.371. The summed E-state index contributed by atoms with van der Waals surface area (Å²) in [4.78, 5) is 12.3. The number of rotatable bonds is 3. The van der Waals surface area contributed by atoms with Crippen molar-refractivity contribution in [1.82, 2.24) is 15.0 Å². The molecule has 1 amide bonds. The third-order valence-electron chi connectivity index (χ3n) is 5.24. The highest BCUT2D eigenvalue weighted by molar-refractivity contribution is 6.34. The maximum absolute atomic E-state index is 13.1. The van der Waals surface area contributed by atoms with Crippen molar-refractivity contribution in [3.05, 3.63) is 94.6 Å². The Labute approximate surface area is 191 Å². The maximum Gasteiger partial charge on any atom is 0.417 e. The average molecular weight is 467 g/mol. The van der Waals surface area contributed by atoms with Crippen molar-refractivity contribution in [1.29, 1.82) is 0 Å². The first-order chi connectivity index (χ1) is 15.8. The van der Waals surface area contributed by atoms with Gasteiger partial charge in [0.05, 0.1) is 22.5 Å². The van der Waals surface area contributed by atoms with Crippen LogP contribution in [0.2, 0.25) is 5.02 Å². The van der Waals surface area contributed by atoms with Gasteiger partial charge in [-0.3, -0.25) is 4.79 Å². The Morgan fingerprint density at radius 3 is 2.52 bits per heavy atom. The number of halogens is 4. The summed E-state index contributed by atoms with van der Waals surface area (Å²) in [5.41, 5.74) is 3.49. The number of aromatic nitrogens is 3. The van der Waals surface area contributed by atoms with Gasteiger partial charge in [-0.05, 0) is 35.9 Å². The fourth-order valence-electron chi connectivity index (χ4n) is 3.59. The summed E-state index contributed by atoms with van der Waals surface area (Å²) < 4.78 is 40.7. The molecule has 3 aromatic carbocycles. The third kappa shape index (κ3) is 4.01. The minimum absolute atomic E-state index is 0.163. The van der Waals surface area contributed by atoms with Gasteiger partial charge >= 0.3 is 6.18 Å². The molecule has 0 fully saturated rings. The largest absolute Gasteiger partial charge is 0.417 e. The van der Waals surface area contributed by atoms with Crippen molar-refractivity contribution in [2.24, 2.45) is 0 Å². The molecule has 0 atom stereocenters. The van der Waals surface area contributed by atoms with Crippen LogP contribution < -0.4 is 5.32 Å². The zero-order chi connectivity index (χ0) is 23.2. The Balaban J connectivity index is 1.41. The molecule has 9 heteroatoms. The van der Waals surface area contributed by atoms with Crippen LogP contribution in [0.25, 0.3) is 28.6 Å². The lowest BCUT2D eigenvalue weighted by Crippen LogP contribution is -2.07. The van der Waals surface area contributed by atoms with Gasteiger partial charge in [-0.2, -0.15) is 13.2 Å². The molecule has 1 aromatic heterocycles. The smallest absolute Gasteiger partial charge is 0.321 e. The number of benzene rings is 3. The van der Waals surface area contributed by atoms with Gasteiger partial charge in [-0.25, -0.2) is 4.68 Å². The molecular formula is C24H14ClF3N4O. The molecule has 0 bridgehead atoms. The highest BCUT2D eigenvalue weighted by Gasteiger charge is 2.33. The van der Waals surface area contributed by atoms with E-state index in [-0.39, 0.29) is 16.6 Å². The van der Waals surface area contributed by atoms with Gasteiger partial charge < -0.3 is 5.32 Å². The second kappa shape index (κ2) is 7.90. The van der Waals surface area contributed by atoms with E-state index in [1.807, 2.05) is 48.5 Å². The number of nitrogens with one attached hydrogen (secondary N) is 1. The first kappa shape index (κ1) is 21.0. The van der Waals surface area contributed by atoms with E-state index < -0.39 is 11.7 Å². The van der Waals surface area contributed by atoms with Crippen molar-refractivity contribution >= 4 is 34.8 Å². The van der Waals surface area contributed by atoms with Crippen LogP contribution in [0.3, 0.4) is 0 Å². The van der Waals surface area contributed by atoms with E-state index in [4.69, 9.17) is 11.6 Å². The van der Waals surface area contributed by atoms with Crippen LogP contribution in [0.15, 0.2) is 72.9 Å². The second-order valence-electron chi connectivity index (χ2n) is 7.39. The van der Waals surface area contributed by atoms with Gasteiger partial charge in [0, 0.05) is 22.4 Å². The summed E-state index contributed by atoms with van der Waals surface area (Å²) in [7, 11) is 0. The number of hydrogen-bond acceptors (Lipinski definition) is 3. The summed E-state index contributed by atoms with van der Waals surface area (Å²) in [6.45, 7) is 0. The molecule has 33 heavy (non-hydrogen) atoms. The van der Waals surface area contributed by atoms with Crippen LogP contribution in [-0.4, -0.2) is 20.9 Å². The standard InChI is InChI=1S/C24H14ClF3N4O/c25-20-10-9-16(12-19(20)24(26,27)28)32-13-22(30-31-32)15-7-5-14(6-8-15)11-18-17-3-1-2-4-21(17)29-23(18)33/h1-13H,(H,29,33)/b18-11-. The predicted molar refractivity (Wildman–Crippen MR) is 120 cm³/mol. The molecule has 0 saturated heterocycles. The van der Waals surface area contributed by atoms with E-state index in [1.54, 1.807) is 6.08 Å². The average Bonchev–Trinajstić information content (AvgIpc) is 3.39. The minimum atomic E-state index is -4.57. The zero-order valence-corrected chi connectivity index (χ0v) is 17.5. The number of amides is 1. The number of carbonyl (C=O) groups excluding carboxylic acids is 1. The van der Waals surface area contributed by atoms with Crippen LogP contribution in [0.4, 0.5) is 18.9 Å². The van der Waals surface area contributed by atoms with E-state index in [1.165, 1.54) is 23.0 Å². The van der Waals surface area contributed by atoms with E-state index in [0.29, 0.717) is 11.3 Å². The Hall–Kier alpha value is -3.91. The zero-order valence-electron chi connectivity index (χ0n) is 16.8. The lowest BCUT2D eigenvalue weighted by molar-refractivity contribution is -0.137. The van der Waals surface area contributed by atoms with Gasteiger partial charge in [-0.15, -0.1) is 5.10 Å². The Morgan fingerprint density at radius 2 is 1.76 bits per heavy atom. The van der Waals surface area contributed by atoms with Crippen LogP contribution in [0.1, 0.15) is 16.7 Å². The summed E-state index contributed by atoms with van der Waals surface area (Å²) in [5.74, 6) is -0.163. The van der Waals surface area contributed by atoms with Crippen LogP contribution in [0.5, 0.6) is 0 Å². The van der Waals surface area contributed by atoms with Gasteiger partial charge in [0.25, 0.3) is 5.91 Å². The molecule has 2 heterocycles. The highest BCUT2D eigenvalue weighted by atomic mass is 35.5. The maximum atomic E-state index is 13.1. The summed E-state index contributed by atoms with van der Waals surface area (Å²) in [6, 6.07) is 18.3. The lowest BCUT2D eigenvalue weighted by atomic mass is 10.0. The number of anilines is 1. The van der Waals surface area contributed by atoms with E-state index in [9.17, 15) is 18.0 Å². The molecular weight excluding hydrogens is 453 g/mol. The molecule has 1 aliphatic heterocycles. The lowest BCUT2D eigenvalue weighted by Gasteiger charge is -2.10. The Kier molecular flexibility index (Phi) is 5.02. The Morgan fingerprint density at radius 1 is 1.00 bits per heavy atom. The number of fused-ring (bicyclic) bond motifs is 1. The molecule has 0 unspecified atom stereocenters. The van der Waals surface area contributed by atoms with Crippen molar-refractivity contribution in [3.63, 3.8) is 0 Å². The molecule has 164 valence electrons. The first-order valence-electron chi connectivity index (χ1n) is 9.82. The third-order valence-corrected chi connectivity index (χ3v) is 5.57. The first-order valence-corrected chi connectivity index (χ1v) is 10.2. The van der Waals surface area contributed by atoms with E-state index in [0.717, 1.165) is 28.4 Å². The molecule has 0 aliphatic carbocycles. The highest BCUT2D eigenvalue weighted by Crippen LogP contribution is 2.36. The van der Waals surface area contributed by atoms with Crippen molar-refractivity contribution in [3.8, 4) is 16.9 Å². The number of hydrogen-bond donors (Lipinski definition) is 1. The SMILES string of the molecule is O=C1Nc2ccccc2/C1=C/c1ccc(-c2cn(-c3ccc(Cl)c(C(F)(F)F)c3)nn2)cc1. The monoisotopic (exact) mass is 466 g/mol. The molecule has 1 aliphatic rings. The minimum Gasteiger partial charge on any atom is -0.321 e. The van der Waals surface area contributed by atoms with Crippen molar-refractivity contribution in [2.45, 2.75) is 6.18 Å². The Bertz CT molecular complexity index is 1410. The van der Waals surface area contributed by atoms with Gasteiger partial charge in [0.1, 0.15) is 5.69 Å². The fourth-order valence-corrected chi connectivity index (χ4v) is 3.82. The fraction of sp³-hybridized carbons (Fsp3) is 0.0417. The topological polar surface area (TPSA) is 59.8 Å². The van der Waals surface area contributed by atoms with Gasteiger partial charge in [-0.1, -0.05) is 59.3 Å². The number of para-hydroxylation sites is 1. The van der Waals surface area contributed by atoms with E-state index in [2.05, 4.69) is 15.6 Å². The number of nitrogens with zero attached hydrogens (tertiary/aromatic N) is 3. The molecule has 5 rings (SSSR count). The molecule has 5 nitrogen and oxygen atoms in total.